The highest BCUT2D eigenvalue weighted by atomic mass is 16.1. The second-order valence-electron chi connectivity index (χ2n) is 4.73. The highest BCUT2D eigenvalue weighted by molar-refractivity contribution is 6.15. The van der Waals surface area contributed by atoms with E-state index in [1.54, 1.807) is 0 Å². The molecule has 1 heterocycles. The fourth-order valence-corrected chi connectivity index (χ4v) is 1.90. The van der Waals surface area contributed by atoms with E-state index in [1.165, 1.54) is 0 Å². The van der Waals surface area contributed by atoms with Crippen molar-refractivity contribution in [2.75, 3.05) is 0 Å². The minimum absolute atomic E-state index is 0.212. The third-order valence-electron chi connectivity index (χ3n) is 2.86. The van der Waals surface area contributed by atoms with Gasteiger partial charge in [-0.1, -0.05) is 26.0 Å². The Hall–Kier alpha value is -1.44. The lowest BCUT2D eigenvalue weighted by molar-refractivity contribution is 0.0999. The van der Waals surface area contributed by atoms with Crippen LogP contribution in [0.2, 0.25) is 0 Å². The van der Waals surface area contributed by atoms with Crippen LogP contribution in [0.5, 0.6) is 0 Å². The number of para-hydroxylation sites is 1. The second kappa shape index (κ2) is 4.60. The molecule has 0 N–H and O–H groups in total. The standard InChI is InChI=1S/C14H17NO/c1-10(2)7-8-11-9-14(16)12-5-3-4-6-13(12)15-11/h3-6,10H,7-9H2,1-2H3. The van der Waals surface area contributed by atoms with E-state index in [0.29, 0.717) is 12.3 Å². The van der Waals surface area contributed by atoms with Crippen LogP contribution in [0.25, 0.3) is 0 Å². The molecule has 16 heavy (non-hydrogen) atoms. The maximum absolute atomic E-state index is 11.9. The Bertz CT molecular complexity index is 432. The van der Waals surface area contributed by atoms with E-state index in [9.17, 15) is 4.79 Å². The van der Waals surface area contributed by atoms with Crippen LogP contribution in [0, 0.1) is 5.92 Å². The molecule has 0 spiro atoms. The van der Waals surface area contributed by atoms with Crippen LogP contribution in [0.15, 0.2) is 29.3 Å². The van der Waals surface area contributed by atoms with E-state index < -0.39 is 0 Å². The minimum atomic E-state index is 0.212. The van der Waals surface area contributed by atoms with Gasteiger partial charge in [-0.15, -0.1) is 0 Å². The van der Waals surface area contributed by atoms with Crippen molar-refractivity contribution in [1.29, 1.82) is 0 Å². The van der Waals surface area contributed by atoms with Crippen LogP contribution in [-0.4, -0.2) is 11.5 Å². The Morgan fingerprint density at radius 2 is 2.06 bits per heavy atom. The highest BCUT2D eigenvalue weighted by Crippen LogP contribution is 2.26. The van der Waals surface area contributed by atoms with E-state index in [1.807, 2.05) is 24.3 Å². The number of fused-ring (bicyclic) bond motifs is 1. The van der Waals surface area contributed by atoms with Gasteiger partial charge in [0.2, 0.25) is 0 Å². The van der Waals surface area contributed by atoms with E-state index in [2.05, 4.69) is 18.8 Å². The SMILES string of the molecule is CC(C)CCC1=Nc2ccccc2C(=O)C1. The molecule has 1 aromatic carbocycles. The Morgan fingerprint density at radius 3 is 2.81 bits per heavy atom. The van der Waals surface area contributed by atoms with Gasteiger partial charge >= 0.3 is 0 Å². The summed E-state index contributed by atoms with van der Waals surface area (Å²) in [7, 11) is 0. The molecule has 0 aliphatic carbocycles. The number of hydrogen-bond donors (Lipinski definition) is 0. The number of Topliss-reactive ketones (excluding diaryl/α,β-unsaturated/α-hetero) is 1. The third kappa shape index (κ3) is 2.38. The quantitative estimate of drug-likeness (QED) is 0.754. The number of carbonyl (C=O) groups excluding carboxylic acids is 1. The van der Waals surface area contributed by atoms with Crippen LogP contribution < -0.4 is 0 Å². The number of aliphatic imine (C=N–C) groups is 1. The van der Waals surface area contributed by atoms with Crippen molar-refractivity contribution in [3.8, 4) is 0 Å². The van der Waals surface area contributed by atoms with Gasteiger partial charge in [0.15, 0.2) is 5.78 Å². The van der Waals surface area contributed by atoms with Crippen LogP contribution in [0.4, 0.5) is 5.69 Å². The van der Waals surface area contributed by atoms with E-state index in [0.717, 1.165) is 29.8 Å². The maximum Gasteiger partial charge on any atom is 0.170 e. The topological polar surface area (TPSA) is 29.4 Å². The predicted molar refractivity (Wildman–Crippen MR) is 66.6 cm³/mol. The second-order valence-corrected chi connectivity index (χ2v) is 4.73. The van der Waals surface area contributed by atoms with Crippen LogP contribution in [-0.2, 0) is 0 Å². The van der Waals surface area contributed by atoms with Gasteiger partial charge in [0.1, 0.15) is 0 Å². The maximum atomic E-state index is 11.9. The van der Waals surface area contributed by atoms with Gasteiger partial charge in [-0.05, 0) is 30.9 Å². The van der Waals surface area contributed by atoms with Gasteiger partial charge in [0.05, 0.1) is 5.69 Å². The van der Waals surface area contributed by atoms with Crippen LogP contribution in [0.1, 0.15) is 43.5 Å². The lowest BCUT2D eigenvalue weighted by atomic mass is 9.96. The number of benzene rings is 1. The van der Waals surface area contributed by atoms with Crippen LogP contribution >= 0.6 is 0 Å². The monoisotopic (exact) mass is 215 g/mol. The summed E-state index contributed by atoms with van der Waals surface area (Å²) in [5, 5.41) is 0. The van der Waals surface area contributed by atoms with Gasteiger partial charge in [0, 0.05) is 17.7 Å². The molecule has 0 atom stereocenters. The first kappa shape index (κ1) is 11.1. The molecule has 2 rings (SSSR count). The highest BCUT2D eigenvalue weighted by Gasteiger charge is 2.18. The summed E-state index contributed by atoms with van der Waals surface area (Å²) in [6.07, 6.45) is 2.55. The molecule has 1 aliphatic heterocycles. The van der Waals surface area contributed by atoms with Gasteiger partial charge in [-0.2, -0.15) is 0 Å². The molecule has 0 fully saturated rings. The van der Waals surface area contributed by atoms with E-state index >= 15 is 0 Å². The van der Waals surface area contributed by atoms with Gasteiger partial charge < -0.3 is 0 Å². The predicted octanol–water partition coefficient (Wildman–Crippen LogP) is 3.78. The minimum Gasteiger partial charge on any atom is -0.294 e. The van der Waals surface area contributed by atoms with Gasteiger partial charge in [-0.25, -0.2) is 0 Å². The molecule has 0 unspecified atom stereocenters. The van der Waals surface area contributed by atoms with Crippen LogP contribution in [0.3, 0.4) is 0 Å². The molecule has 0 saturated heterocycles. The van der Waals surface area contributed by atoms with Crippen molar-refractivity contribution in [3.63, 3.8) is 0 Å². The Balaban J connectivity index is 2.20. The summed E-state index contributed by atoms with van der Waals surface area (Å²) in [5.41, 5.74) is 2.66. The average Bonchev–Trinajstić information content (AvgIpc) is 2.26. The number of carbonyl (C=O) groups is 1. The molecule has 0 bridgehead atoms. The van der Waals surface area contributed by atoms with Crippen molar-refractivity contribution in [1.82, 2.24) is 0 Å². The first-order valence-electron chi connectivity index (χ1n) is 5.85. The molecular formula is C14H17NO. The molecule has 1 aromatic rings. The molecule has 0 radical (unpaired) electrons. The zero-order chi connectivity index (χ0) is 11.5. The molecular weight excluding hydrogens is 198 g/mol. The van der Waals surface area contributed by atoms with E-state index in [4.69, 9.17) is 0 Å². The summed E-state index contributed by atoms with van der Waals surface area (Å²) >= 11 is 0. The van der Waals surface area contributed by atoms with Crippen molar-refractivity contribution >= 4 is 17.2 Å². The molecule has 84 valence electrons. The zero-order valence-electron chi connectivity index (χ0n) is 9.86. The summed E-state index contributed by atoms with van der Waals surface area (Å²) < 4.78 is 0. The summed E-state index contributed by atoms with van der Waals surface area (Å²) in [6.45, 7) is 4.39. The summed E-state index contributed by atoms with van der Waals surface area (Å²) in [6, 6.07) is 7.61. The molecule has 0 amide bonds. The number of rotatable bonds is 3. The average molecular weight is 215 g/mol. The Kier molecular flexibility index (Phi) is 3.18. The lowest BCUT2D eigenvalue weighted by Crippen LogP contribution is -2.13. The fraction of sp³-hybridized carbons (Fsp3) is 0.429. The zero-order valence-corrected chi connectivity index (χ0v) is 9.86. The third-order valence-corrected chi connectivity index (χ3v) is 2.86. The Morgan fingerprint density at radius 1 is 1.31 bits per heavy atom. The Labute approximate surface area is 96.4 Å². The molecule has 1 aliphatic rings. The number of nitrogens with zero attached hydrogens (tertiary/aromatic N) is 1. The summed E-state index contributed by atoms with van der Waals surface area (Å²) in [4.78, 5) is 16.4. The number of ketones is 1. The van der Waals surface area contributed by atoms with Crippen molar-refractivity contribution in [2.45, 2.75) is 33.1 Å². The molecule has 2 nitrogen and oxygen atoms in total. The van der Waals surface area contributed by atoms with Gasteiger partial charge in [0.25, 0.3) is 0 Å². The fourth-order valence-electron chi connectivity index (χ4n) is 1.90. The number of hydrogen-bond acceptors (Lipinski definition) is 2. The van der Waals surface area contributed by atoms with E-state index in [-0.39, 0.29) is 5.78 Å². The smallest absolute Gasteiger partial charge is 0.170 e. The largest absolute Gasteiger partial charge is 0.294 e. The lowest BCUT2D eigenvalue weighted by Gasteiger charge is -2.15. The first-order chi connectivity index (χ1) is 7.66. The summed E-state index contributed by atoms with van der Waals surface area (Å²) in [5.74, 6) is 0.874. The van der Waals surface area contributed by atoms with Crippen molar-refractivity contribution in [2.24, 2.45) is 10.9 Å². The molecule has 0 aromatic heterocycles. The van der Waals surface area contributed by atoms with Crippen molar-refractivity contribution < 1.29 is 4.79 Å². The molecule has 0 saturated carbocycles. The molecule has 2 heteroatoms. The van der Waals surface area contributed by atoms with Gasteiger partial charge in [-0.3, -0.25) is 9.79 Å². The normalized spacial score (nSPS) is 14.9. The first-order valence-corrected chi connectivity index (χ1v) is 5.85. The van der Waals surface area contributed by atoms with Crippen molar-refractivity contribution in [3.05, 3.63) is 29.8 Å².